The number of nitrogens with one attached hydrogen (secondary N) is 1. The summed E-state index contributed by atoms with van der Waals surface area (Å²) in [5, 5.41) is 12.0. The molecule has 0 atom stereocenters. The van der Waals surface area contributed by atoms with Gasteiger partial charge in [0.1, 0.15) is 5.75 Å². The second kappa shape index (κ2) is 5.18. The van der Waals surface area contributed by atoms with E-state index in [-0.39, 0.29) is 5.56 Å². The highest BCUT2D eigenvalue weighted by Crippen LogP contribution is 2.21. The van der Waals surface area contributed by atoms with E-state index in [1.165, 1.54) is 18.5 Å². The van der Waals surface area contributed by atoms with Gasteiger partial charge in [0.15, 0.2) is 0 Å². The largest absolute Gasteiger partial charge is 0.497 e. The van der Waals surface area contributed by atoms with E-state index >= 15 is 0 Å². The Kier molecular flexibility index (Phi) is 3.43. The van der Waals surface area contributed by atoms with E-state index in [1.807, 2.05) is 0 Å². The van der Waals surface area contributed by atoms with Crippen LogP contribution in [0.5, 0.6) is 5.75 Å². The molecule has 1 aromatic carbocycles. The van der Waals surface area contributed by atoms with Crippen LogP contribution in [-0.2, 0) is 0 Å². The van der Waals surface area contributed by atoms with Crippen molar-refractivity contribution in [3.63, 3.8) is 0 Å². The van der Waals surface area contributed by atoms with E-state index in [0.29, 0.717) is 5.69 Å². The third-order valence-electron chi connectivity index (χ3n) is 2.42. The summed E-state index contributed by atoms with van der Waals surface area (Å²) in [6.45, 7) is 0. The summed E-state index contributed by atoms with van der Waals surface area (Å²) in [7, 11) is 1.59. The number of aromatic nitrogens is 1. The van der Waals surface area contributed by atoms with Gasteiger partial charge >= 0.3 is 5.97 Å². The fourth-order valence-corrected chi connectivity index (χ4v) is 1.51. The molecule has 5 nitrogen and oxygen atoms in total. The molecule has 2 aromatic rings. The van der Waals surface area contributed by atoms with Gasteiger partial charge in [-0.1, -0.05) is 0 Å². The van der Waals surface area contributed by atoms with Gasteiger partial charge in [0, 0.05) is 11.9 Å². The lowest BCUT2D eigenvalue weighted by atomic mass is 10.2. The predicted molar refractivity (Wildman–Crippen MR) is 67.5 cm³/mol. The number of carboxylic acids is 1. The number of ether oxygens (including phenoxy) is 1. The van der Waals surface area contributed by atoms with Crippen molar-refractivity contribution in [1.29, 1.82) is 0 Å². The lowest BCUT2D eigenvalue weighted by Crippen LogP contribution is -2.03. The molecule has 0 saturated carbocycles. The van der Waals surface area contributed by atoms with Gasteiger partial charge in [-0.15, -0.1) is 0 Å². The van der Waals surface area contributed by atoms with Gasteiger partial charge in [0.25, 0.3) is 0 Å². The summed E-state index contributed by atoms with van der Waals surface area (Å²) in [5.41, 5.74) is 1.40. The number of anilines is 2. The Hall–Kier alpha value is -2.56. The minimum atomic E-state index is -0.992. The monoisotopic (exact) mass is 244 g/mol. The van der Waals surface area contributed by atoms with E-state index in [1.54, 1.807) is 31.4 Å². The predicted octanol–water partition coefficient (Wildman–Crippen LogP) is 2.53. The van der Waals surface area contributed by atoms with Crippen LogP contribution in [0, 0.1) is 0 Å². The first-order valence-electron chi connectivity index (χ1n) is 5.29. The zero-order valence-electron chi connectivity index (χ0n) is 9.75. The number of hydrogen-bond acceptors (Lipinski definition) is 4. The molecular formula is C13H12N2O3. The molecule has 1 aromatic heterocycles. The number of carboxylic acid groups (broad SMARTS) is 1. The molecule has 1 heterocycles. The van der Waals surface area contributed by atoms with Gasteiger partial charge < -0.3 is 15.2 Å². The first kappa shape index (κ1) is 11.9. The maximum Gasteiger partial charge on any atom is 0.337 e. The van der Waals surface area contributed by atoms with Crippen molar-refractivity contribution in [2.24, 2.45) is 0 Å². The van der Waals surface area contributed by atoms with Gasteiger partial charge in [-0.25, -0.2) is 4.79 Å². The second-order valence-electron chi connectivity index (χ2n) is 3.58. The van der Waals surface area contributed by atoms with Gasteiger partial charge in [0.05, 0.1) is 24.6 Å². The van der Waals surface area contributed by atoms with Crippen molar-refractivity contribution in [3.05, 3.63) is 48.3 Å². The normalized spacial score (nSPS) is 9.83. The molecule has 0 saturated heterocycles. The summed E-state index contributed by atoms with van der Waals surface area (Å²) in [5.74, 6) is -0.251. The van der Waals surface area contributed by atoms with E-state index in [4.69, 9.17) is 9.84 Å². The molecule has 0 bridgehead atoms. The number of nitrogens with zero attached hydrogens (tertiary/aromatic N) is 1. The molecule has 18 heavy (non-hydrogen) atoms. The standard InChI is InChI=1S/C13H12N2O3/c1-18-10-4-2-9(3-5-10)15-12-8-14-7-6-11(12)13(16)17/h2-8,15H,1H3,(H,16,17). The second-order valence-corrected chi connectivity index (χ2v) is 3.58. The molecule has 92 valence electrons. The van der Waals surface area contributed by atoms with Crippen LogP contribution >= 0.6 is 0 Å². The van der Waals surface area contributed by atoms with Crippen molar-refractivity contribution in [1.82, 2.24) is 4.98 Å². The van der Waals surface area contributed by atoms with Crippen LogP contribution in [0.15, 0.2) is 42.7 Å². The Morgan fingerprint density at radius 2 is 2.00 bits per heavy atom. The Morgan fingerprint density at radius 1 is 1.28 bits per heavy atom. The average molecular weight is 244 g/mol. The molecule has 2 rings (SSSR count). The first-order chi connectivity index (χ1) is 8.70. The molecule has 0 fully saturated rings. The maximum absolute atomic E-state index is 11.0. The Morgan fingerprint density at radius 3 is 2.61 bits per heavy atom. The third kappa shape index (κ3) is 2.57. The van der Waals surface area contributed by atoms with E-state index < -0.39 is 5.97 Å². The van der Waals surface area contributed by atoms with Gasteiger partial charge in [-0.3, -0.25) is 4.98 Å². The summed E-state index contributed by atoms with van der Waals surface area (Å²) in [6.07, 6.45) is 2.93. The van der Waals surface area contributed by atoms with Crippen molar-refractivity contribution >= 4 is 17.3 Å². The molecule has 0 aliphatic rings. The minimum Gasteiger partial charge on any atom is -0.497 e. The van der Waals surface area contributed by atoms with Crippen LogP contribution in [0.2, 0.25) is 0 Å². The zero-order valence-corrected chi connectivity index (χ0v) is 9.75. The average Bonchev–Trinajstić information content (AvgIpc) is 2.40. The summed E-state index contributed by atoms with van der Waals surface area (Å²) >= 11 is 0. The topological polar surface area (TPSA) is 71.5 Å². The van der Waals surface area contributed by atoms with Gasteiger partial charge in [-0.2, -0.15) is 0 Å². The lowest BCUT2D eigenvalue weighted by Gasteiger charge is -2.09. The number of methoxy groups -OCH3 is 1. The highest BCUT2D eigenvalue weighted by molar-refractivity contribution is 5.94. The number of benzene rings is 1. The minimum absolute atomic E-state index is 0.181. The highest BCUT2D eigenvalue weighted by atomic mass is 16.5. The molecule has 0 amide bonds. The number of rotatable bonds is 4. The molecule has 0 aliphatic carbocycles. The fourth-order valence-electron chi connectivity index (χ4n) is 1.51. The molecule has 0 radical (unpaired) electrons. The molecular weight excluding hydrogens is 232 g/mol. The van der Waals surface area contributed by atoms with Crippen molar-refractivity contribution in [3.8, 4) is 5.75 Å². The summed E-state index contributed by atoms with van der Waals surface area (Å²) in [6, 6.07) is 8.64. The molecule has 0 unspecified atom stereocenters. The van der Waals surface area contributed by atoms with Crippen LogP contribution in [-0.4, -0.2) is 23.2 Å². The van der Waals surface area contributed by atoms with Crippen LogP contribution in [0.25, 0.3) is 0 Å². The highest BCUT2D eigenvalue weighted by Gasteiger charge is 2.09. The molecule has 2 N–H and O–H groups in total. The third-order valence-corrected chi connectivity index (χ3v) is 2.42. The summed E-state index contributed by atoms with van der Waals surface area (Å²) in [4.78, 5) is 14.9. The summed E-state index contributed by atoms with van der Waals surface area (Å²) < 4.78 is 5.05. The Balaban J connectivity index is 2.25. The van der Waals surface area contributed by atoms with Crippen LogP contribution in [0.1, 0.15) is 10.4 Å². The smallest absolute Gasteiger partial charge is 0.337 e. The number of pyridine rings is 1. The van der Waals surface area contributed by atoms with E-state index in [0.717, 1.165) is 11.4 Å². The quantitative estimate of drug-likeness (QED) is 0.864. The van der Waals surface area contributed by atoms with Crippen LogP contribution < -0.4 is 10.1 Å². The molecule has 5 heteroatoms. The molecule has 0 spiro atoms. The van der Waals surface area contributed by atoms with Gasteiger partial charge in [0.2, 0.25) is 0 Å². The maximum atomic E-state index is 11.0. The van der Waals surface area contributed by atoms with Crippen LogP contribution in [0.4, 0.5) is 11.4 Å². The zero-order chi connectivity index (χ0) is 13.0. The SMILES string of the molecule is COc1ccc(Nc2cnccc2C(=O)O)cc1. The molecule has 0 aliphatic heterocycles. The van der Waals surface area contributed by atoms with E-state index in [2.05, 4.69) is 10.3 Å². The number of hydrogen-bond donors (Lipinski definition) is 2. The Labute approximate surface area is 104 Å². The van der Waals surface area contributed by atoms with Gasteiger partial charge in [-0.05, 0) is 30.3 Å². The van der Waals surface area contributed by atoms with Crippen molar-refractivity contribution < 1.29 is 14.6 Å². The lowest BCUT2D eigenvalue weighted by molar-refractivity contribution is 0.0698. The van der Waals surface area contributed by atoms with Crippen molar-refractivity contribution in [2.45, 2.75) is 0 Å². The van der Waals surface area contributed by atoms with E-state index in [9.17, 15) is 4.79 Å². The number of carbonyl (C=O) groups is 1. The Bertz CT molecular complexity index is 552. The number of aromatic carboxylic acids is 1. The van der Waals surface area contributed by atoms with Crippen molar-refractivity contribution in [2.75, 3.05) is 12.4 Å². The van der Waals surface area contributed by atoms with Crippen LogP contribution in [0.3, 0.4) is 0 Å². The first-order valence-corrected chi connectivity index (χ1v) is 5.29. The fraction of sp³-hybridized carbons (Fsp3) is 0.0769.